The molecule has 0 heterocycles. The maximum absolute atomic E-state index is 12.9. The summed E-state index contributed by atoms with van der Waals surface area (Å²) in [6, 6.07) is 3.90. The Bertz CT molecular complexity index is 349. The highest BCUT2D eigenvalue weighted by atomic mass is 19.1. The number of carbonyl (C=O) groups is 1. The molecule has 3 nitrogen and oxygen atoms in total. The third kappa shape index (κ3) is 2.45. The highest BCUT2D eigenvalue weighted by molar-refractivity contribution is 5.67. The molecule has 0 bridgehead atoms. The Balaban J connectivity index is 2.85. The highest BCUT2D eigenvalue weighted by Crippen LogP contribution is 2.23. The summed E-state index contributed by atoms with van der Waals surface area (Å²) in [5.74, 6) is -2.33. The molecule has 0 fully saturated rings. The number of phenolic OH excluding ortho intramolecular Hbond substituents is 1. The highest BCUT2D eigenvalue weighted by Gasteiger charge is 2.11. The molecule has 1 unspecified atom stereocenters. The van der Waals surface area contributed by atoms with E-state index in [1.54, 1.807) is 6.92 Å². The minimum atomic E-state index is -0.925. The molecule has 0 spiro atoms. The largest absolute Gasteiger partial charge is 0.505 e. The first-order valence-corrected chi connectivity index (χ1v) is 4.21. The van der Waals surface area contributed by atoms with Crippen molar-refractivity contribution in [1.82, 2.24) is 0 Å². The van der Waals surface area contributed by atoms with Gasteiger partial charge in [0, 0.05) is 0 Å². The van der Waals surface area contributed by atoms with Gasteiger partial charge in [0.2, 0.25) is 0 Å². The molecular formula is C10H11FO3. The van der Waals surface area contributed by atoms with E-state index in [-0.39, 0.29) is 12.3 Å². The fourth-order valence-electron chi connectivity index (χ4n) is 1.21. The summed E-state index contributed by atoms with van der Waals surface area (Å²) < 4.78 is 12.9. The van der Waals surface area contributed by atoms with Gasteiger partial charge in [0.15, 0.2) is 11.6 Å². The number of carboxylic acid groups (broad SMARTS) is 1. The maximum Gasteiger partial charge on any atom is 0.303 e. The van der Waals surface area contributed by atoms with Crippen LogP contribution in [-0.2, 0) is 4.79 Å². The van der Waals surface area contributed by atoms with Crippen LogP contribution < -0.4 is 0 Å². The minimum absolute atomic E-state index is 0.0514. The van der Waals surface area contributed by atoms with Crippen LogP contribution in [0.25, 0.3) is 0 Å². The smallest absolute Gasteiger partial charge is 0.303 e. The van der Waals surface area contributed by atoms with Crippen molar-refractivity contribution in [2.45, 2.75) is 19.3 Å². The van der Waals surface area contributed by atoms with Gasteiger partial charge in [-0.05, 0) is 23.6 Å². The lowest BCUT2D eigenvalue weighted by molar-refractivity contribution is -0.137. The number of hydrogen-bond acceptors (Lipinski definition) is 2. The third-order valence-corrected chi connectivity index (χ3v) is 2.02. The first-order valence-electron chi connectivity index (χ1n) is 4.21. The summed E-state index contributed by atoms with van der Waals surface area (Å²) in [7, 11) is 0. The van der Waals surface area contributed by atoms with Gasteiger partial charge in [0.05, 0.1) is 6.42 Å². The van der Waals surface area contributed by atoms with Crippen LogP contribution in [0.2, 0.25) is 0 Å². The van der Waals surface area contributed by atoms with E-state index in [1.807, 2.05) is 0 Å². The second-order valence-corrected chi connectivity index (χ2v) is 3.21. The zero-order chi connectivity index (χ0) is 10.7. The van der Waals surface area contributed by atoms with Crippen molar-refractivity contribution < 1.29 is 19.4 Å². The molecule has 14 heavy (non-hydrogen) atoms. The first kappa shape index (κ1) is 10.5. The second-order valence-electron chi connectivity index (χ2n) is 3.21. The average Bonchev–Trinajstić information content (AvgIpc) is 2.08. The SMILES string of the molecule is CC(CC(=O)O)c1ccc(O)c(F)c1. The number of halogens is 1. The van der Waals surface area contributed by atoms with E-state index in [4.69, 9.17) is 10.2 Å². The van der Waals surface area contributed by atoms with Gasteiger partial charge in [0.1, 0.15) is 0 Å². The Morgan fingerprint density at radius 2 is 2.21 bits per heavy atom. The summed E-state index contributed by atoms with van der Waals surface area (Å²) in [6.07, 6.45) is -0.0514. The summed E-state index contributed by atoms with van der Waals surface area (Å²) in [5, 5.41) is 17.4. The summed E-state index contributed by atoms with van der Waals surface area (Å²) in [6.45, 7) is 1.69. The Labute approximate surface area is 80.8 Å². The molecule has 1 aromatic carbocycles. The number of hydrogen-bond donors (Lipinski definition) is 2. The van der Waals surface area contributed by atoms with Crippen LogP contribution in [0.15, 0.2) is 18.2 Å². The molecule has 0 amide bonds. The van der Waals surface area contributed by atoms with Gasteiger partial charge in [-0.25, -0.2) is 4.39 Å². The van der Waals surface area contributed by atoms with Crippen molar-refractivity contribution in [2.75, 3.05) is 0 Å². The molecule has 0 saturated heterocycles. The van der Waals surface area contributed by atoms with Crippen molar-refractivity contribution >= 4 is 5.97 Å². The molecule has 2 N–H and O–H groups in total. The minimum Gasteiger partial charge on any atom is -0.505 e. The molecular weight excluding hydrogens is 187 g/mol. The molecule has 0 aliphatic rings. The quantitative estimate of drug-likeness (QED) is 0.782. The van der Waals surface area contributed by atoms with Crippen LogP contribution in [-0.4, -0.2) is 16.2 Å². The Hall–Kier alpha value is -1.58. The average molecular weight is 198 g/mol. The number of aliphatic carboxylic acids is 1. The van der Waals surface area contributed by atoms with Crippen molar-refractivity contribution in [3.05, 3.63) is 29.6 Å². The summed E-state index contributed by atoms with van der Waals surface area (Å²) >= 11 is 0. The zero-order valence-corrected chi connectivity index (χ0v) is 7.70. The van der Waals surface area contributed by atoms with Gasteiger partial charge in [0.25, 0.3) is 0 Å². The van der Waals surface area contributed by atoms with E-state index in [2.05, 4.69) is 0 Å². The number of carboxylic acids is 1. The van der Waals surface area contributed by atoms with E-state index in [1.165, 1.54) is 12.1 Å². The fraction of sp³-hybridized carbons (Fsp3) is 0.300. The van der Waals surface area contributed by atoms with Crippen LogP contribution >= 0.6 is 0 Å². The number of rotatable bonds is 3. The second kappa shape index (κ2) is 4.09. The van der Waals surface area contributed by atoms with E-state index < -0.39 is 17.5 Å². The van der Waals surface area contributed by atoms with E-state index >= 15 is 0 Å². The van der Waals surface area contributed by atoms with Gasteiger partial charge >= 0.3 is 5.97 Å². The maximum atomic E-state index is 12.9. The van der Waals surface area contributed by atoms with Gasteiger partial charge in [-0.3, -0.25) is 4.79 Å². The van der Waals surface area contributed by atoms with Gasteiger partial charge < -0.3 is 10.2 Å². The third-order valence-electron chi connectivity index (χ3n) is 2.02. The summed E-state index contributed by atoms with van der Waals surface area (Å²) in [4.78, 5) is 10.4. The molecule has 0 radical (unpaired) electrons. The standard InChI is InChI=1S/C10H11FO3/c1-6(4-10(13)14)7-2-3-9(12)8(11)5-7/h2-3,5-6,12H,4H2,1H3,(H,13,14). The Morgan fingerprint density at radius 1 is 1.57 bits per heavy atom. The Morgan fingerprint density at radius 3 is 2.71 bits per heavy atom. The van der Waals surface area contributed by atoms with E-state index in [9.17, 15) is 9.18 Å². The lowest BCUT2D eigenvalue weighted by Crippen LogP contribution is -2.03. The van der Waals surface area contributed by atoms with Crippen LogP contribution in [0.5, 0.6) is 5.75 Å². The van der Waals surface area contributed by atoms with E-state index in [0.29, 0.717) is 5.56 Å². The normalized spacial score (nSPS) is 12.4. The lowest BCUT2D eigenvalue weighted by Gasteiger charge is -2.09. The van der Waals surface area contributed by atoms with Gasteiger partial charge in [-0.15, -0.1) is 0 Å². The van der Waals surface area contributed by atoms with Crippen molar-refractivity contribution in [3.8, 4) is 5.75 Å². The molecule has 0 aliphatic carbocycles. The van der Waals surface area contributed by atoms with Crippen LogP contribution in [0.1, 0.15) is 24.8 Å². The van der Waals surface area contributed by atoms with Crippen molar-refractivity contribution in [3.63, 3.8) is 0 Å². The number of benzene rings is 1. The molecule has 76 valence electrons. The Kier molecular flexibility index (Phi) is 3.06. The fourth-order valence-corrected chi connectivity index (χ4v) is 1.21. The summed E-state index contributed by atoms with van der Waals surface area (Å²) in [5.41, 5.74) is 0.572. The van der Waals surface area contributed by atoms with Crippen molar-refractivity contribution in [1.29, 1.82) is 0 Å². The zero-order valence-electron chi connectivity index (χ0n) is 7.70. The predicted molar refractivity (Wildman–Crippen MR) is 48.7 cm³/mol. The topological polar surface area (TPSA) is 57.5 Å². The van der Waals surface area contributed by atoms with Crippen LogP contribution in [0.4, 0.5) is 4.39 Å². The molecule has 1 atom stereocenters. The van der Waals surface area contributed by atoms with Crippen LogP contribution in [0, 0.1) is 5.82 Å². The first-order chi connectivity index (χ1) is 6.50. The molecule has 0 aromatic heterocycles. The molecule has 1 aromatic rings. The molecule has 4 heteroatoms. The number of phenols is 1. The monoisotopic (exact) mass is 198 g/mol. The van der Waals surface area contributed by atoms with E-state index in [0.717, 1.165) is 6.07 Å². The van der Waals surface area contributed by atoms with Gasteiger partial charge in [-0.1, -0.05) is 13.0 Å². The predicted octanol–water partition coefficient (Wildman–Crippen LogP) is 2.11. The molecule has 0 aliphatic heterocycles. The van der Waals surface area contributed by atoms with Crippen LogP contribution in [0.3, 0.4) is 0 Å². The lowest BCUT2D eigenvalue weighted by atomic mass is 9.98. The molecule has 1 rings (SSSR count). The van der Waals surface area contributed by atoms with Gasteiger partial charge in [-0.2, -0.15) is 0 Å². The van der Waals surface area contributed by atoms with Crippen molar-refractivity contribution in [2.24, 2.45) is 0 Å². The number of aromatic hydroxyl groups is 1. The molecule has 0 saturated carbocycles.